The molecule has 1 aromatic rings. The monoisotopic (exact) mass is 253 g/mol. The van der Waals surface area contributed by atoms with Crippen LogP contribution in [0.1, 0.15) is 10.4 Å². The molecule has 5 N–H and O–H groups in total. The predicted octanol–water partition coefficient (Wildman–Crippen LogP) is 0.416. The Morgan fingerprint density at radius 3 is 2.65 bits per heavy atom. The van der Waals surface area contributed by atoms with Gasteiger partial charge in [0.05, 0.1) is 17.0 Å². The van der Waals surface area contributed by atoms with Crippen molar-refractivity contribution in [1.82, 2.24) is 0 Å². The summed E-state index contributed by atoms with van der Waals surface area (Å²) < 4.78 is 0. The molecule has 0 unspecified atom stereocenters. The first-order chi connectivity index (χ1) is 8.15. The molecule has 0 aliphatic heterocycles. The van der Waals surface area contributed by atoms with E-state index < -0.39 is 5.91 Å². The van der Waals surface area contributed by atoms with Gasteiger partial charge in [-0.15, -0.1) is 0 Å². The van der Waals surface area contributed by atoms with E-state index in [0.29, 0.717) is 23.5 Å². The van der Waals surface area contributed by atoms with E-state index in [-0.39, 0.29) is 5.91 Å². The highest BCUT2D eigenvalue weighted by Gasteiger charge is 2.09. The van der Waals surface area contributed by atoms with Gasteiger partial charge in [-0.25, -0.2) is 0 Å². The van der Waals surface area contributed by atoms with E-state index in [0.717, 1.165) is 5.75 Å². The Morgan fingerprint density at radius 2 is 2.00 bits per heavy atom. The molecule has 1 rings (SSSR count). The van der Waals surface area contributed by atoms with Crippen molar-refractivity contribution in [3.63, 3.8) is 0 Å². The van der Waals surface area contributed by atoms with Crippen LogP contribution in [-0.2, 0) is 4.79 Å². The van der Waals surface area contributed by atoms with Crippen LogP contribution in [0.5, 0.6) is 0 Å². The third-order valence-corrected chi connectivity index (χ3v) is 2.95. The fourth-order valence-electron chi connectivity index (χ4n) is 1.24. The van der Waals surface area contributed by atoms with Crippen LogP contribution in [0, 0.1) is 0 Å². The van der Waals surface area contributed by atoms with Gasteiger partial charge in [0.1, 0.15) is 0 Å². The maximum atomic E-state index is 11.5. The number of amides is 2. The van der Waals surface area contributed by atoms with Crippen molar-refractivity contribution < 1.29 is 9.59 Å². The van der Waals surface area contributed by atoms with Gasteiger partial charge in [0.15, 0.2) is 0 Å². The number of nitrogens with one attached hydrogen (secondary N) is 1. The quantitative estimate of drug-likeness (QED) is 0.640. The summed E-state index contributed by atoms with van der Waals surface area (Å²) in [6.07, 6.45) is 0. The van der Waals surface area contributed by atoms with Crippen LogP contribution in [0.2, 0.25) is 0 Å². The third kappa shape index (κ3) is 4.46. The number of rotatable bonds is 6. The normalized spacial score (nSPS) is 9.94. The minimum Gasteiger partial charge on any atom is -0.366 e. The molecule has 0 atom stereocenters. The summed E-state index contributed by atoms with van der Waals surface area (Å²) in [5.41, 5.74) is 11.3. The standard InChI is InChI=1S/C11H15N3O2S/c12-5-6-17-7-10(15)14-9-4-2-1-3-8(9)11(13)16/h1-4H,5-7,12H2,(H2,13,16)(H,14,15). The van der Waals surface area contributed by atoms with Gasteiger partial charge in [0.2, 0.25) is 5.91 Å². The van der Waals surface area contributed by atoms with Crippen molar-refractivity contribution in [3.8, 4) is 0 Å². The zero-order valence-corrected chi connectivity index (χ0v) is 10.1. The predicted molar refractivity (Wildman–Crippen MR) is 70.0 cm³/mol. The van der Waals surface area contributed by atoms with Crippen molar-refractivity contribution in [2.75, 3.05) is 23.4 Å². The lowest BCUT2D eigenvalue weighted by molar-refractivity contribution is -0.113. The Bertz CT molecular complexity index is 409. The molecule has 6 heteroatoms. The molecule has 0 aliphatic carbocycles. The fourth-order valence-corrected chi connectivity index (χ4v) is 1.81. The zero-order valence-electron chi connectivity index (χ0n) is 9.31. The first-order valence-electron chi connectivity index (χ1n) is 5.11. The van der Waals surface area contributed by atoms with Crippen LogP contribution in [-0.4, -0.2) is 29.9 Å². The molecular formula is C11H15N3O2S. The van der Waals surface area contributed by atoms with Crippen molar-refractivity contribution in [2.24, 2.45) is 11.5 Å². The summed E-state index contributed by atoms with van der Waals surface area (Å²) in [5, 5.41) is 2.65. The van der Waals surface area contributed by atoms with E-state index in [1.165, 1.54) is 11.8 Å². The lowest BCUT2D eigenvalue weighted by Crippen LogP contribution is -2.19. The van der Waals surface area contributed by atoms with Gasteiger partial charge in [-0.1, -0.05) is 12.1 Å². The molecular weight excluding hydrogens is 238 g/mol. The van der Waals surface area contributed by atoms with Crippen LogP contribution in [0.15, 0.2) is 24.3 Å². The number of anilines is 1. The van der Waals surface area contributed by atoms with Gasteiger partial charge in [-0.05, 0) is 12.1 Å². The van der Waals surface area contributed by atoms with E-state index >= 15 is 0 Å². The van der Waals surface area contributed by atoms with Crippen molar-refractivity contribution in [2.45, 2.75) is 0 Å². The lowest BCUT2D eigenvalue weighted by atomic mass is 10.1. The summed E-state index contributed by atoms with van der Waals surface area (Å²) in [4.78, 5) is 22.7. The summed E-state index contributed by atoms with van der Waals surface area (Å²) in [6, 6.07) is 6.64. The Labute approximate surface area is 104 Å². The highest BCUT2D eigenvalue weighted by molar-refractivity contribution is 7.99. The van der Waals surface area contributed by atoms with E-state index in [1.807, 2.05) is 0 Å². The summed E-state index contributed by atoms with van der Waals surface area (Å²) in [5.74, 6) is 0.308. The molecule has 0 aromatic heterocycles. The van der Waals surface area contributed by atoms with Gasteiger partial charge in [0.25, 0.3) is 5.91 Å². The number of hydrogen-bond acceptors (Lipinski definition) is 4. The van der Waals surface area contributed by atoms with Gasteiger partial charge in [-0.2, -0.15) is 11.8 Å². The number of hydrogen-bond donors (Lipinski definition) is 3. The number of thioether (sulfide) groups is 1. The summed E-state index contributed by atoms with van der Waals surface area (Å²) in [7, 11) is 0. The average molecular weight is 253 g/mol. The number of carbonyl (C=O) groups is 2. The van der Waals surface area contributed by atoms with E-state index in [9.17, 15) is 9.59 Å². The second-order valence-electron chi connectivity index (χ2n) is 3.30. The smallest absolute Gasteiger partial charge is 0.250 e. The topological polar surface area (TPSA) is 98.2 Å². The van der Waals surface area contributed by atoms with E-state index in [4.69, 9.17) is 11.5 Å². The molecule has 0 heterocycles. The van der Waals surface area contributed by atoms with Crippen LogP contribution < -0.4 is 16.8 Å². The largest absolute Gasteiger partial charge is 0.366 e. The van der Waals surface area contributed by atoms with Gasteiger partial charge in [0, 0.05) is 12.3 Å². The van der Waals surface area contributed by atoms with Crippen molar-refractivity contribution in [3.05, 3.63) is 29.8 Å². The molecule has 1 aromatic carbocycles. The molecule has 0 aliphatic rings. The molecule has 5 nitrogen and oxygen atoms in total. The molecule has 0 radical (unpaired) electrons. The Kier molecular flexibility index (Phi) is 5.51. The summed E-state index contributed by atoms with van der Waals surface area (Å²) in [6.45, 7) is 0.538. The molecule has 2 amide bonds. The molecule has 0 bridgehead atoms. The molecule has 0 fully saturated rings. The fraction of sp³-hybridized carbons (Fsp3) is 0.273. The van der Waals surface area contributed by atoms with Crippen LogP contribution in [0.4, 0.5) is 5.69 Å². The first kappa shape index (κ1) is 13.5. The molecule has 0 spiro atoms. The van der Waals surface area contributed by atoms with Crippen LogP contribution >= 0.6 is 11.8 Å². The maximum Gasteiger partial charge on any atom is 0.250 e. The average Bonchev–Trinajstić information content (AvgIpc) is 2.29. The Balaban J connectivity index is 2.61. The third-order valence-electron chi connectivity index (χ3n) is 1.96. The molecule has 92 valence electrons. The van der Waals surface area contributed by atoms with Crippen LogP contribution in [0.25, 0.3) is 0 Å². The molecule has 0 saturated heterocycles. The van der Waals surface area contributed by atoms with Crippen molar-refractivity contribution in [1.29, 1.82) is 0 Å². The van der Waals surface area contributed by atoms with Gasteiger partial charge >= 0.3 is 0 Å². The van der Waals surface area contributed by atoms with Crippen LogP contribution in [0.3, 0.4) is 0 Å². The van der Waals surface area contributed by atoms with E-state index in [1.54, 1.807) is 24.3 Å². The number of benzene rings is 1. The number of primary amides is 1. The number of nitrogens with two attached hydrogens (primary N) is 2. The van der Waals surface area contributed by atoms with Gasteiger partial charge < -0.3 is 16.8 Å². The molecule has 0 saturated carbocycles. The number of carbonyl (C=O) groups excluding carboxylic acids is 2. The SMILES string of the molecule is NCCSCC(=O)Nc1ccccc1C(N)=O. The van der Waals surface area contributed by atoms with Crippen molar-refractivity contribution >= 4 is 29.3 Å². The minimum atomic E-state index is -0.560. The van der Waals surface area contributed by atoms with Gasteiger partial charge in [-0.3, -0.25) is 9.59 Å². The second kappa shape index (κ2) is 6.93. The maximum absolute atomic E-state index is 11.5. The minimum absolute atomic E-state index is 0.169. The summed E-state index contributed by atoms with van der Waals surface area (Å²) >= 11 is 1.44. The molecule has 17 heavy (non-hydrogen) atoms. The highest BCUT2D eigenvalue weighted by Crippen LogP contribution is 2.14. The first-order valence-corrected chi connectivity index (χ1v) is 6.27. The Hall–Kier alpha value is -1.53. The second-order valence-corrected chi connectivity index (χ2v) is 4.40. The Morgan fingerprint density at radius 1 is 1.29 bits per heavy atom. The zero-order chi connectivity index (χ0) is 12.7. The number of para-hydroxylation sites is 1. The highest BCUT2D eigenvalue weighted by atomic mass is 32.2. The lowest BCUT2D eigenvalue weighted by Gasteiger charge is -2.08. The van der Waals surface area contributed by atoms with E-state index in [2.05, 4.69) is 5.32 Å².